The Kier molecular flexibility index (Phi) is 5.30. The minimum atomic E-state index is 0.798. The van der Waals surface area contributed by atoms with Crippen molar-refractivity contribution in [2.45, 2.75) is 46.5 Å². The second-order valence-electron chi connectivity index (χ2n) is 4.36. The van der Waals surface area contributed by atoms with E-state index in [9.17, 15) is 0 Å². The highest BCUT2D eigenvalue weighted by molar-refractivity contribution is 6.01. The molecule has 0 aromatic rings. The minimum Gasteiger partial charge on any atom is -0.402 e. The molecule has 1 aliphatic heterocycles. The zero-order chi connectivity index (χ0) is 12.0. The van der Waals surface area contributed by atoms with E-state index in [2.05, 4.69) is 18.0 Å². The van der Waals surface area contributed by atoms with Gasteiger partial charge in [-0.3, -0.25) is 4.99 Å². The van der Waals surface area contributed by atoms with Crippen LogP contribution >= 0.6 is 0 Å². The van der Waals surface area contributed by atoms with Crippen molar-refractivity contribution in [2.24, 2.45) is 16.6 Å². The van der Waals surface area contributed by atoms with E-state index in [0.717, 1.165) is 37.4 Å². The maximum absolute atomic E-state index is 5.73. The van der Waals surface area contributed by atoms with Gasteiger partial charge in [0.25, 0.3) is 0 Å². The highest BCUT2D eigenvalue weighted by Gasteiger charge is 2.16. The van der Waals surface area contributed by atoms with Crippen LogP contribution in [0.25, 0.3) is 0 Å². The average molecular weight is 220 g/mol. The highest BCUT2D eigenvalue weighted by atomic mass is 14.8. The first kappa shape index (κ1) is 13.0. The van der Waals surface area contributed by atoms with E-state index in [1.807, 2.05) is 19.9 Å². The molecule has 2 rings (SSSR count). The zero-order valence-electron chi connectivity index (χ0n) is 10.8. The van der Waals surface area contributed by atoms with Crippen molar-refractivity contribution in [1.29, 1.82) is 0 Å². The van der Waals surface area contributed by atoms with Gasteiger partial charge in [-0.2, -0.15) is 0 Å². The highest BCUT2D eigenvalue weighted by Crippen LogP contribution is 2.24. The Balaban J connectivity index is 0.000000606. The number of aliphatic imine (C=N–C) groups is 1. The van der Waals surface area contributed by atoms with Crippen molar-refractivity contribution in [3.05, 3.63) is 23.4 Å². The van der Waals surface area contributed by atoms with E-state index in [4.69, 9.17) is 5.73 Å². The van der Waals surface area contributed by atoms with Crippen molar-refractivity contribution in [2.75, 3.05) is 6.54 Å². The van der Waals surface area contributed by atoms with Crippen molar-refractivity contribution >= 4 is 5.71 Å². The summed E-state index contributed by atoms with van der Waals surface area (Å²) in [6.07, 6.45) is 8.65. The molecule has 16 heavy (non-hydrogen) atoms. The molecule has 0 radical (unpaired) electrons. The maximum atomic E-state index is 5.73. The quantitative estimate of drug-likeness (QED) is 0.722. The van der Waals surface area contributed by atoms with Gasteiger partial charge in [-0.05, 0) is 43.3 Å². The number of hydrogen-bond acceptors (Lipinski definition) is 2. The minimum absolute atomic E-state index is 0.798. The first-order valence-electron chi connectivity index (χ1n) is 6.44. The van der Waals surface area contributed by atoms with Gasteiger partial charge in [0.05, 0.1) is 0 Å². The van der Waals surface area contributed by atoms with Crippen LogP contribution in [0, 0.1) is 5.92 Å². The summed E-state index contributed by atoms with van der Waals surface area (Å²) >= 11 is 0. The summed E-state index contributed by atoms with van der Waals surface area (Å²) in [5.41, 5.74) is 9.46. The average Bonchev–Trinajstić information content (AvgIpc) is 2.32. The summed E-state index contributed by atoms with van der Waals surface area (Å²) in [6.45, 7) is 7.31. The summed E-state index contributed by atoms with van der Waals surface area (Å²) in [4.78, 5) is 4.61. The first-order chi connectivity index (χ1) is 7.75. The lowest BCUT2D eigenvalue weighted by Gasteiger charge is -2.21. The molecule has 0 fully saturated rings. The molecular formula is C14H24N2. The standard InChI is InChI=1S/C12H18N2.C2H6/c1-9-6-7-14-12(8-9)10-2-4-11(13)5-3-10;1-2/h2,4,9H,3,5-8,13H2,1H3;1-2H3. The largest absolute Gasteiger partial charge is 0.402 e. The van der Waals surface area contributed by atoms with E-state index >= 15 is 0 Å². The third-order valence-corrected chi connectivity index (χ3v) is 3.02. The number of nitrogens with zero attached hydrogens (tertiary/aromatic N) is 1. The predicted molar refractivity (Wildman–Crippen MR) is 71.6 cm³/mol. The van der Waals surface area contributed by atoms with E-state index in [-0.39, 0.29) is 0 Å². The summed E-state index contributed by atoms with van der Waals surface area (Å²) in [5, 5.41) is 0. The second-order valence-corrected chi connectivity index (χ2v) is 4.36. The maximum Gasteiger partial charge on any atom is 0.0395 e. The normalized spacial score (nSPS) is 24.7. The van der Waals surface area contributed by atoms with Crippen molar-refractivity contribution < 1.29 is 0 Å². The van der Waals surface area contributed by atoms with Gasteiger partial charge in [0.1, 0.15) is 0 Å². The van der Waals surface area contributed by atoms with E-state index in [0.29, 0.717) is 0 Å². The lowest BCUT2D eigenvalue weighted by Crippen LogP contribution is -2.17. The Bertz CT molecular complexity index is 311. The molecule has 2 N–H and O–H groups in total. The Hall–Kier alpha value is -1.05. The molecule has 1 heterocycles. The monoisotopic (exact) mass is 220 g/mol. The molecule has 1 atom stereocenters. The fourth-order valence-electron chi connectivity index (χ4n) is 2.04. The number of nitrogens with two attached hydrogens (primary N) is 1. The van der Waals surface area contributed by atoms with Crippen LogP contribution in [0.15, 0.2) is 28.4 Å². The van der Waals surface area contributed by atoms with Crippen LogP contribution in [-0.2, 0) is 0 Å². The summed E-state index contributed by atoms with van der Waals surface area (Å²) < 4.78 is 0. The van der Waals surface area contributed by atoms with Crippen LogP contribution in [0.1, 0.15) is 46.5 Å². The molecule has 2 heteroatoms. The van der Waals surface area contributed by atoms with Gasteiger partial charge < -0.3 is 5.73 Å². The van der Waals surface area contributed by atoms with E-state index in [1.54, 1.807) is 0 Å². The zero-order valence-corrected chi connectivity index (χ0v) is 10.8. The molecular weight excluding hydrogens is 196 g/mol. The lowest BCUT2D eigenvalue weighted by molar-refractivity contribution is 0.540. The van der Waals surface area contributed by atoms with E-state index in [1.165, 1.54) is 17.7 Å². The van der Waals surface area contributed by atoms with Gasteiger partial charge in [-0.25, -0.2) is 0 Å². The van der Waals surface area contributed by atoms with Crippen molar-refractivity contribution in [1.82, 2.24) is 0 Å². The van der Waals surface area contributed by atoms with E-state index < -0.39 is 0 Å². The molecule has 0 aromatic heterocycles. The summed E-state index contributed by atoms with van der Waals surface area (Å²) in [7, 11) is 0. The predicted octanol–water partition coefficient (Wildman–Crippen LogP) is 3.45. The SMILES string of the molecule is CC.CC1CCN=C(C2=CC=C(N)CC2)C1. The number of allylic oxidation sites excluding steroid dienone is 4. The summed E-state index contributed by atoms with van der Waals surface area (Å²) in [6, 6.07) is 0. The Morgan fingerprint density at radius 2 is 2.00 bits per heavy atom. The molecule has 0 amide bonds. The van der Waals surface area contributed by atoms with Gasteiger partial charge >= 0.3 is 0 Å². The van der Waals surface area contributed by atoms with Gasteiger partial charge in [0.15, 0.2) is 0 Å². The molecule has 1 unspecified atom stereocenters. The topological polar surface area (TPSA) is 38.4 Å². The first-order valence-corrected chi connectivity index (χ1v) is 6.44. The van der Waals surface area contributed by atoms with Crippen molar-refractivity contribution in [3.63, 3.8) is 0 Å². The molecule has 0 aromatic carbocycles. The van der Waals surface area contributed by atoms with Crippen LogP contribution in [0.4, 0.5) is 0 Å². The van der Waals surface area contributed by atoms with Crippen LogP contribution in [0.5, 0.6) is 0 Å². The Labute approximate surface area is 99.3 Å². The van der Waals surface area contributed by atoms with Crippen LogP contribution < -0.4 is 5.73 Å². The molecule has 0 spiro atoms. The van der Waals surface area contributed by atoms with Crippen molar-refractivity contribution in [3.8, 4) is 0 Å². The van der Waals surface area contributed by atoms with Gasteiger partial charge in [-0.15, -0.1) is 0 Å². The van der Waals surface area contributed by atoms with Crippen LogP contribution in [0.2, 0.25) is 0 Å². The van der Waals surface area contributed by atoms with Gasteiger partial charge in [-0.1, -0.05) is 26.8 Å². The summed E-state index contributed by atoms with van der Waals surface area (Å²) in [5.74, 6) is 0.798. The molecule has 0 saturated carbocycles. The molecule has 2 aliphatic rings. The Morgan fingerprint density at radius 1 is 1.25 bits per heavy atom. The lowest BCUT2D eigenvalue weighted by atomic mass is 9.89. The van der Waals surface area contributed by atoms with Crippen LogP contribution in [-0.4, -0.2) is 12.3 Å². The van der Waals surface area contributed by atoms with Crippen LogP contribution in [0.3, 0.4) is 0 Å². The second kappa shape index (κ2) is 6.51. The van der Waals surface area contributed by atoms with Gasteiger partial charge in [0, 0.05) is 18.0 Å². The number of hydrogen-bond donors (Lipinski definition) is 1. The third kappa shape index (κ3) is 3.51. The molecule has 90 valence electrons. The fraction of sp³-hybridized carbons (Fsp3) is 0.643. The Morgan fingerprint density at radius 3 is 2.56 bits per heavy atom. The molecule has 0 saturated heterocycles. The smallest absolute Gasteiger partial charge is 0.0395 e. The molecule has 0 bridgehead atoms. The van der Waals surface area contributed by atoms with Gasteiger partial charge in [0.2, 0.25) is 0 Å². The fourth-order valence-corrected chi connectivity index (χ4v) is 2.04. The molecule has 1 aliphatic carbocycles. The third-order valence-electron chi connectivity index (χ3n) is 3.02. The molecule has 2 nitrogen and oxygen atoms in total. The number of rotatable bonds is 1.